The second kappa shape index (κ2) is 16.0. The van der Waals surface area contributed by atoms with Crippen molar-refractivity contribution >= 4 is 32.8 Å². The lowest BCUT2D eigenvalue weighted by Crippen LogP contribution is -2.31. The fourth-order valence-electron chi connectivity index (χ4n) is 8.20. The van der Waals surface area contributed by atoms with Crippen LogP contribution < -0.4 is 9.30 Å². The summed E-state index contributed by atoms with van der Waals surface area (Å²) in [7, 11) is 0. The van der Waals surface area contributed by atoms with Gasteiger partial charge in [-0.05, 0) is 111 Å². The van der Waals surface area contributed by atoms with Crippen LogP contribution in [0, 0.1) is 18.7 Å². The predicted molar refractivity (Wildman–Crippen MR) is 265 cm³/mol. The number of aromatic nitrogens is 4. The van der Waals surface area contributed by atoms with Crippen LogP contribution in [0.5, 0.6) is 11.5 Å². The van der Waals surface area contributed by atoms with E-state index in [9.17, 15) is 0 Å². The van der Waals surface area contributed by atoms with Crippen molar-refractivity contribution in [3.05, 3.63) is 223 Å². The lowest BCUT2D eigenvalue weighted by molar-refractivity contribution is -0.571. The molecule has 0 aliphatic carbocycles. The van der Waals surface area contributed by atoms with Crippen LogP contribution in [-0.4, -0.2) is 14.1 Å². The van der Waals surface area contributed by atoms with Gasteiger partial charge in [0.25, 0.3) is 6.33 Å². The summed E-state index contributed by atoms with van der Waals surface area (Å²) in [4.78, 5) is 4.82. The van der Waals surface area contributed by atoms with Crippen LogP contribution in [0.1, 0.15) is 52.5 Å². The summed E-state index contributed by atoms with van der Waals surface area (Å²) in [5, 5.41) is 1.84. The lowest BCUT2D eigenvalue weighted by atomic mass is 9.88. The molecule has 8 aromatic carbocycles. The molecule has 0 saturated heterocycles. The maximum Gasteiger partial charge on any atom is 0.269 e. The van der Waals surface area contributed by atoms with E-state index in [1.54, 1.807) is 53.2 Å². The summed E-state index contributed by atoms with van der Waals surface area (Å²) >= 11 is 0. The van der Waals surface area contributed by atoms with Gasteiger partial charge in [-0.3, -0.25) is 13.7 Å². The summed E-state index contributed by atoms with van der Waals surface area (Å²) in [6, 6.07) is 22.9. The number of ether oxygens (including phenoxy) is 1. The molecule has 65 heavy (non-hydrogen) atoms. The van der Waals surface area contributed by atoms with Crippen molar-refractivity contribution in [2.45, 2.75) is 26.2 Å². The number of imidazole rings is 1. The van der Waals surface area contributed by atoms with Gasteiger partial charge < -0.3 is 4.74 Å². The Hall–Kier alpha value is -8.46. The molecule has 3 heterocycles. The van der Waals surface area contributed by atoms with E-state index in [1.165, 1.54) is 22.8 Å². The molecule has 0 fully saturated rings. The predicted octanol–water partition coefficient (Wildman–Crippen LogP) is 14.3. The van der Waals surface area contributed by atoms with E-state index in [1.807, 2.05) is 42.5 Å². The molecule has 3 aromatic heterocycles. The van der Waals surface area contributed by atoms with E-state index in [2.05, 4.69) is 43.7 Å². The molecule has 5 nitrogen and oxygen atoms in total. The van der Waals surface area contributed by atoms with Crippen molar-refractivity contribution in [2.75, 3.05) is 0 Å². The maximum atomic E-state index is 9.16. The topological polar surface area (TPSA) is 35.9 Å². The van der Waals surface area contributed by atoms with E-state index in [-0.39, 0.29) is 50.0 Å². The maximum absolute atomic E-state index is 9.16. The van der Waals surface area contributed by atoms with Gasteiger partial charge >= 0.3 is 0 Å². The average molecular weight is 852 g/mol. The smallest absolute Gasteiger partial charge is 0.269 e. The summed E-state index contributed by atoms with van der Waals surface area (Å²) in [5.41, 5.74) is 3.80. The van der Waals surface area contributed by atoms with E-state index >= 15 is 0 Å². The molecule has 0 amide bonds. The highest BCUT2D eigenvalue weighted by molar-refractivity contribution is 6.10. The Morgan fingerprint density at radius 1 is 0.615 bits per heavy atom. The minimum absolute atomic E-state index is 0.0134. The lowest BCUT2D eigenvalue weighted by Gasteiger charge is -2.20. The SMILES string of the molecule is [2H]c1c([2H])c([2H])c(-c2ccc3c(c2)[n+](-c2c(-c4c([2H])c([2H])c([2H])c([2H])c4[2H])cccc2-c2c([2H])c([2H])c([2H])c([2H])c2[2H])[c-]n3-c2cccc(Oc3ccc4c5cc(C#C)ccc5n(-c5cc(C(C)(C)C)ccn5)c4c3)c2)c([2H])c1[2H]. The number of para-hydroxylation sites is 1. The first-order valence-corrected chi connectivity index (χ1v) is 20.7. The highest BCUT2D eigenvalue weighted by Crippen LogP contribution is 2.38. The Balaban J connectivity index is 1.16. The van der Waals surface area contributed by atoms with Gasteiger partial charge in [0, 0.05) is 28.6 Å². The van der Waals surface area contributed by atoms with Crippen LogP contribution in [0.4, 0.5) is 0 Å². The van der Waals surface area contributed by atoms with Crippen LogP contribution in [-0.2, 0) is 5.41 Å². The standard InChI is InChI=1S/C60H44N4O/c1-5-41-27-31-54-53(35-41)52-30-29-49(39-56(52)64(54)58-37-46(33-34-61-58)60(2,3)4)65-48-24-15-23-47(38-48)62-40-63(57-36-45(28-32-55(57)62)42-17-9-6-10-18-42)59-50(43-19-11-7-12-20-43)25-16-26-51(59)44-21-13-8-14-22-44/h1,6-39H,2-4H3/i6D,7D,8D,9D,10D,11D,12D,13D,14D,17D,18D,19D,20D,21D,22D. The highest BCUT2D eigenvalue weighted by atomic mass is 16.5. The molecule has 0 atom stereocenters. The van der Waals surface area contributed by atoms with Crippen LogP contribution in [0.3, 0.4) is 0 Å². The average Bonchev–Trinajstić information content (AvgIpc) is 4.03. The Morgan fingerprint density at radius 3 is 1.97 bits per heavy atom. The van der Waals surface area contributed by atoms with Crippen molar-refractivity contribution < 1.29 is 29.9 Å². The van der Waals surface area contributed by atoms with Crippen molar-refractivity contribution in [3.8, 4) is 74.4 Å². The second-order valence-electron chi connectivity index (χ2n) is 16.3. The molecule has 11 rings (SSSR count). The zero-order valence-corrected chi connectivity index (χ0v) is 35.2. The number of fused-ring (bicyclic) bond motifs is 4. The van der Waals surface area contributed by atoms with Crippen LogP contribution in [0.15, 0.2) is 206 Å². The summed E-state index contributed by atoms with van der Waals surface area (Å²) in [6.45, 7) is 6.41. The Morgan fingerprint density at radius 2 is 1.28 bits per heavy atom. The van der Waals surface area contributed by atoms with E-state index in [0.717, 1.165) is 27.4 Å². The summed E-state index contributed by atoms with van der Waals surface area (Å²) < 4.78 is 143. The summed E-state index contributed by atoms with van der Waals surface area (Å²) in [5.74, 6) is 4.30. The van der Waals surface area contributed by atoms with Gasteiger partial charge in [-0.1, -0.05) is 154 Å². The van der Waals surface area contributed by atoms with Gasteiger partial charge in [0.05, 0.1) is 54.0 Å². The van der Waals surface area contributed by atoms with Crippen LogP contribution >= 0.6 is 0 Å². The van der Waals surface area contributed by atoms with Gasteiger partial charge in [0.2, 0.25) is 0 Å². The van der Waals surface area contributed by atoms with Crippen molar-refractivity contribution in [3.63, 3.8) is 0 Å². The first kappa shape index (κ1) is 26.2. The molecule has 0 bridgehead atoms. The quantitative estimate of drug-likeness (QED) is 0.0867. The van der Waals surface area contributed by atoms with E-state index in [0.29, 0.717) is 34.1 Å². The molecule has 0 N–H and O–H groups in total. The van der Waals surface area contributed by atoms with Gasteiger partial charge in [0.1, 0.15) is 17.3 Å². The molecular formula is C60H44N4O. The number of hydrogen-bond donors (Lipinski definition) is 0. The molecular weight excluding hydrogens is 793 g/mol. The van der Waals surface area contributed by atoms with Gasteiger partial charge in [-0.25, -0.2) is 4.98 Å². The third-order valence-electron chi connectivity index (χ3n) is 11.3. The van der Waals surface area contributed by atoms with Crippen LogP contribution in [0.25, 0.3) is 83.4 Å². The van der Waals surface area contributed by atoms with Gasteiger partial charge in [0.15, 0.2) is 0 Å². The molecule has 0 saturated carbocycles. The molecule has 11 aromatic rings. The summed E-state index contributed by atoms with van der Waals surface area (Å²) in [6.07, 6.45) is 11.0. The largest absolute Gasteiger partial charge is 0.458 e. The third-order valence-corrected chi connectivity index (χ3v) is 11.3. The van der Waals surface area contributed by atoms with Gasteiger partial charge in [-0.2, -0.15) is 0 Å². The fourth-order valence-corrected chi connectivity index (χ4v) is 8.20. The number of benzene rings is 8. The minimum Gasteiger partial charge on any atom is -0.458 e. The van der Waals surface area contributed by atoms with Crippen LogP contribution in [0.2, 0.25) is 0 Å². The zero-order chi connectivity index (χ0) is 57.1. The Bertz CT molecular complexity index is 4360. The third kappa shape index (κ3) is 7.22. The molecule has 310 valence electrons. The molecule has 0 unspecified atom stereocenters. The van der Waals surface area contributed by atoms with Crippen molar-refractivity contribution in [1.82, 2.24) is 14.1 Å². The van der Waals surface area contributed by atoms with Gasteiger partial charge in [-0.15, -0.1) is 6.42 Å². The zero-order valence-electron chi connectivity index (χ0n) is 50.2. The fraction of sp³-hybridized carbons (Fsp3) is 0.0667. The van der Waals surface area contributed by atoms with Crippen molar-refractivity contribution in [1.29, 1.82) is 0 Å². The molecule has 0 radical (unpaired) electrons. The number of rotatable bonds is 8. The molecule has 5 heteroatoms. The number of terminal acetylenes is 1. The number of nitrogens with zero attached hydrogens (tertiary/aromatic N) is 4. The monoisotopic (exact) mass is 851 g/mol. The number of hydrogen-bond acceptors (Lipinski definition) is 2. The Labute approximate surface area is 400 Å². The molecule has 0 spiro atoms. The first-order valence-electron chi connectivity index (χ1n) is 28.2. The second-order valence-corrected chi connectivity index (χ2v) is 16.3. The normalized spacial score (nSPS) is 14.8. The molecule has 0 aliphatic rings. The van der Waals surface area contributed by atoms with E-state index < -0.39 is 90.6 Å². The minimum atomic E-state index is -0.655. The highest BCUT2D eigenvalue weighted by Gasteiger charge is 2.22. The first-order chi connectivity index (χ1) is 38.0. The molecule has 0 aliphatic heterocycles. The van der Waals surface area contributed by atoms with E-state index in [4.69, 9.17) is 36.7 Å². The Kier molecular flexibility index (Phi) is 6.47. The van der Waals surface area contributed by atoms with Crippen molar-refractivity contribution in [2.24, 2.45) is 0 Å². The number of pyridine rings is 1.